The summed E-state index contributed by atoms with van der Waals surface area (Å²) in [5.74, 6) is 0.535. The molecule has 0 aromatic heterocycles. The van der Waals surface area contributed by atoms with Gasteiger partial charge in [0, 0.05) is 32.1 Å². The van der Waals surface area contributed by atoms with E-state index in [9.17, 15) is 14.4 Å². The lowest BCUT2D eigenvalue weighted by atomic mass is 9.89. The second-order valence-electron chi connectivity index (χ2n) is 9.10. The Morgan fingerprint density at radius 1 is 1.03 bits per heavy atom. The second-order valence-corrected chi connectivity index (χ2v) is 9.10. The van der Waals surface area contributed by atoms with Gasteiger partial charge in [0.15, 0.2) is 0 Å². The first kappa shape index (κ1) is 23.2. The summed E-state index contributed by atoms with van der Waals surface area (Å²) >= 11 is 0. The molecule has 1 heterocycles. The van der Waals surface area contributed by atoms with Crippen molar-refractivity contribution in [1.29, 1.82) is 0 Å². The summed E-state index contributed by atoms with van der Waals surface area (Å²) in [6.45, 7) is 6.91. The number of hydrogen-bond acceptors (Lipinski definition) is 4. The zero-order valence-electron chi connectivity index (χ0n) is 18.2. The van der Waals surface area contributed by atoms with Crippen LogP contribution in [0.3, 0.4) is 0 Å². The zero-order valence-corrected chi connectivity index (χ0v) is 18.2. The number of piperidine rings is 1. The summed E-state index contributed by atoms with van der Waals surface area (Å²) in [7, 11) is 0. The summed E-state index contributed by atoms with van der Waals surface area (Å²) < 4.78 is 5.15. The standard InChI is InChI=1S/C22H37N3O4/c1-22(2,3)29-21(28)23-14-11-20(27)25-15-12-18(13-16-25)24-19(26)10-9-17-7-5-4-6-8-17/h9-10,17-18H,4-8,11-16H2,1-3H3,(H,23,28)(H,24,26)/b10-9+. The van der Waals surface area contributed by atoms with Crippen LogP contribution in [0.4, 0.5) is 4.79 Å². The Hall–Kier alpha value is -2.05. The fraction of sp³-hybridized carbons (Fsp3) is 0.773. The number of allylic oxidation sites excluding steroid dienone is 1. The molecule has 0 radical (unpaired) electrons. The van der Waals surface area contributed by atoms with Gasteiger partial charge in [-0.25, -0.2) is 4.79 Å². The average Bonchev–Trinajstić information content (AvgIpc) is 2.66. The number of carbonyl (C=O) groups is 3. The quantitative estimate of drug-likeness (QED) is 0.662. The first-order valence-electron chi connectivity index (χ1n) is 11.0. The summed E-state index contributed by atoms with van der Waals surface area (Å²) in [6.07, 6.45) is 11.2. The minimum Gasteiger partial charge on any atom is -0.444 e. The van der Waals surface area contributed by atoms with Crippen LogP contribution in [0.5, 0.6) is 0 Å². The Morgan fingerprint density at radius 3 is 2.31 bits per heavy atom. The average molecular weight is 408 g/mol. The van der Waals surface area contributed by atoms with Gasteiger partial charge in [0.25, 0.3) is 0 Å². The highest BCUT2D eigenvalue weighted by atomic mass is 16.6. The molecule has 0 bridgehead atoms. The van der Waals surface area contributed by atoms with E-state index in [0.29, 0.717) is 19.0 Å². The monoisotopic (exact) mass is 407 g/mol. The third-order valence-electron chi connectivity index (χ3n) is 5.37. The third-order valence-corrected chi connectivity index (χ3v) is 5.37. The Balaban J connectivity index is 1.61. The summed E-state index contributed by atoms with van der Waals surface area (Å²) in [5.41, 5.74) is -0.550. The van der Waals surface area contributed by atoms with E-state index in [-0.39, 0.29) is 30.8 Å². The smallest absolute Gasteiger partial charge is 0.407 e. The van der Waals surface area contributed by atoms with E-state index in [2.05, 4.69) is 16.7 Å². The molecule has 2 aliphatic rings. The molecule has 7 nitrogen and oxygen atoms in total. The van der Waals surface area contributed by atoms with Gasteiger partial charge >= 0.3 is 6.09 Å². The summed E-state index contributed by atoms with van der Waals surface area (Å²) in [5, 5.41) is 5.67. The Labute approximate surface area is 174 Å². The lowest BCUT2D eigenvalue weighted by molar-refractivity contribution is -0.132. The van der Waals surface area contributed by atoms with Gasteiger partial charge in [0.2, 0.25) is 11.8 Å². The molecule has 1 aliphatic heterocycles. The highest BCUT2D eigenvalue weighted by molar-refractivity contribution is 5.87. The lowest BCUT2D eigenvalue weighted by Gasteiger charge is -2.32. The fourth-order valence-electron chi connectivity index (χ4n) is 3.82. The van der Waals surface area contributed by atoms with E-state index < -0.39 is 11.7 Å². The molecule has 1 saturated heterocycles. The van der Waals surface area contributed by atoms with Crippen LogP contribution in [0.25, 0.3) is 0 Å². The maximum atomic E-state index is 12.3. The Morgan fingerprint density at radius 2 is 1.69 bits per heavy atom. The predicted octanol–water partition coefficient (Wildman–Crippen LogP) is 3.14. The van der Waals surface area contributed by atoms with E-state index in [1.165, 1.54) is 32.1 Å². The highest BCUT2D eigenvalue weighted by Gasteiger charge is 2.23. The number of ether oxygens (including phenoxy) is 1. The van der Waals surface area contributed by atoms with Gasteiger partial charge in [-0.1, -0.05) is 25.3 Å². The highest BCUT2D eigenvalue weighted by Crippen LogP contribution is 2.24. The van der Waals surface area contributed by atoms with Gasteiger partial charge in [-0.05, 0) is 58.4 Å². The SMILES string of the molecule is CC(C)(C)OC(=O)NCCC(=O)N1CCC(NC(=O)/C=C/C2CCCCC2)CC1. The van der Waals surface area contributed by atoms with E-state index in [0.717, 1.165) is 12.8 Å². The van der Waals surface area contributed by atoms with Crippen molar-refractivity contribution in [2.45, 2.75) is 83.8 Å². The molecule has 0 atom stereocenters. The van der Waals surface area contributed by atoms with Gasteiger partial charge < -0.3 is 20.3 Å². The summed E-state index contributed by atoms with van der Waals surface area (Å²) in [4.78, 5) is 37.9. The molecule has 7 heteroatoms. The zero-order chi connectivity index (χ0) is 21.3. The van der Waals surface area contributed by atoms with Crippen molar-refractivity contribution in [3.05, 3.63) is 12.2 Å². The van der Waals surface area contributed by atoms with Gasteiger partial charge in [-0.3, -0.25) is 9.59 Å². The van der Waals surface area contributed by atoms with Crippen LogP contribution in [0, 0.1) is 5.92 Å². The number of rotatable bonds is 6. The van der Waals surface area contributed by atoms with Crippen LogP contribution < -0.4 is 10.6 Å². The van der Waals surface area contributed by atoms with Gasteiger partial charge in [-0.2, -0.15) is 0 Å². The van der Waals surface area contributed by atoms with Crippen molar-refractivity contribution in [3.8, 4) is 0 Å². The third kappa shape index (κ3) is 9.33. The number of alkyl carbamates (subject to hydrolysis) is 1. The minimum atomic E-state index is -0.550. The van der Waals surface area contributed by atoms with Crippen molar-refractivity contribution < 1.29 is 19.1 Å². The maximum Gasteiger partial charge on any atom is 0.407 e. The molecule has 0 aromatic carbocycles. The second kappa shape index (κ2) is 11.2. The fourth-order valence-corrected chi connectivity index (χ4v) is 3.82. The van der Waals surface area contributed by atoms with Crippen LogP contribution in [0.2, 0.25) is 0 Å². The number of nitrogens with one attached hydrogen (secondary N) is 2. The molecule has 0 spiro atoms. The van der Waals surface area contributed by atoms with E-state index in [1.807, 2.05) is 0 Å². The van der Waals surface area contributed by atoms with Gasteiger partial charge in [0.1, 0.15) is 5.60 Å². The first-order chi connectivity index (χ1) is 13.7. The number of nitrogens with zero attached hydrogens (tertiary/aromatic N) is 1. The first-order valence-corrected chi connectivity index (χ1v) is 11.0. The minimum absolute atomic E-state index is 0.0167. The van der Waals surface area contributed by atoms with E-state index in [1.54, 1.807) is 31.7 Å². The van der Waals surface area contributed by atoms with Crippen molar-refractivity contribution >= 4 is 17.9 Å². The van der Waals surface area contributed by atoms with Gasteiger partial charge in [0.05, 0.1) is 0 Å². The molecule has 29 heavy (non-hydrogen) atoms. The van der Waals surface area contributed by atoms with Crippen molar-refractivity contribution in [1.82, 2.24) is 15.5 Å². The number of hydrogen-bond donors (Lipinski definition) is 2. The molecule has 0 unspecified atom stereocenters. The normalized spacial score (nSPS) is 19.2. The largest absolute Gasteiger partial charge is 0.444 e. The van der Waals surface area contributed by atoms with Crippen molar-refractivity contribution in [2.24, 2.45) is 5.92 Å². The predicted molar refractivity (Wildman–Crippen MR) is 112 cm³/mol. The molecule has 2 fully saturated rings. The van der Waals surface area contributed by atoms with Gasteiger partial charge in [-0.15, -0.1) is 0 Å². The number of likely N-dealkylation sites (tertiary alicyclic amines) is 1. The molecule has 1 aliphatic carbocycles. The lowest BCUT2D eigenvalue weighted by Crippen LogP contribution is -2.46. The van der Waals surface area contributed by atoms with Crippen LogP contribution in [0.1, 0.15) is 72.1 Å². The molecule has 2 rings (SSSR count). The number of carbonyl (C=O) groups excluding carboxylic acids is 3. The Kier molecular flexibility index (Phi) is 8.99. The van der Waals surface area contributed by atoms with Crippen molar-refractivity contribution in [2.75, 3.05) is 19.6 Å². The van der Waals surface area contributed by atoms with E-state index in [4.69, 9.17) is 4.74 Å². The van der Waals surface area contributed by atoms with Crippen LogP contribution in [-0.2, 0) is 14.3 Å². The molecule has 0 aromatic rings. The molecular formula is C22H37N3O4. The topological polar surface area (TPSA) is 87.7 Å². The molecule has 164 valence electrons. The molecule has 1 saturated carbocycles. The summed E-state index contributed by atoms with van der Waals surface area (Å²) in [6, 6.07) is 0.113. The van der Waals surface area contributed by atoms with Crippen LogP contribution in [0.15, 0.2) is 12.2 Å². The molecule has 3 amide bonds. The molecule has 2 N–H and O–H groups in total. The van der Waals surface area contributed by atoms with E-state index >= 15 is 0 Å². The maximum absolute atomic E-state index is 12.3. The molecular weight excluding hydrogens is 370 g/mol. The number of amides is 3. The van der Waals surface area contributed by atoms with Crippen LogP contribution in [-0.4, -0.2) is 54.1 Å². The van der Waals surface area contributed by atoms with Crippen LogP contribution >= 0.6 is 0 Å². The van der Waals surface area contributed by atoms with Crippen molar-refractivity contribution in [3.63, 3.8) is 0 Å². The Bertz CT molecular complexity index is 583.